The van der Waals surface area contributed by atoms with E-state index in [4.69, 9.17) is 5.73 Å². The molecule has 0 heterocycles. The van der Waals surface area contributed by atoms with Crippen molar-refractivity contribution in [2.75, 3.05) is 32.4 Å². The molecular weight excluding hydrogens is 166 g/mol. The Balaban J connectivity index is 3.56. The average molecular weight is 181 g/mol. The van der Waals surface area contributed by atoms with Crippen LogP contribution < -0.4 is 15.8 Å². The Morgan fingerprint density at radius 2 is 2.00 bits per heavy atom. The molecule has 0 atom stereocenters. The largest absolute Gasteiger partial charge is 0.329 e. The Kier molecular flexibility index (Phi) is 5.39. The minimum absolute atomic E-state index is 0.00326. The van der Waals surface area contributed by atoms with E-state index in [-0.39, 0.29) is 12.3 Å². The van der Waals surface area contributed by atoms with Crippen molar-refractivity contribution < 1.29 is 8.42 Å². The molecule has 0 saturated heterocycles. The molecule has 0 aromatic carbocycles. The van der Waals surface area contributed by atoms with Crippen LogP contribution in [-0.4, -0.2) is 40.9 Å². The molecule has 0 saturated carbocycles. The Morgan fingerprint density at radius 3 is 2.45 bits per heavy atom. The molecule has 68 valence electrons. The third kappa shape index (κ3) is 6.24. The quantitative estimate of drug-likeness (QED) is 0.417. The van der Waals surface area contributed by atoms with Gasteiger partial charge in [0.15, 0.2) is 0 Å². The van der Waals surface area contributed by atoms with Crippen molar-refractivity contribution in [3.8, 4) is 0 Å². The van der Waals surface area contributed by atoms with Gasteiger partial charge in [0.2, 0.25) is 10.0 Å². The van der Waals surface area contributed by atoms with Crippen molar-refractivity contribution in [3.63, 3.8) is 0 Å². The molecule has 6 heteroatoms. The highest BCUT2D eigenvalue weighted by Gasteiger charge is 2.05. The molecule has 0 aliphatic heterocycles. The number of hydrogen-bond donors (Lipinski definition) is 3. The first-order valence-corrected chi connectivity index (χ1v) is 5.09. The lowest BCUT2D eigenvalue weighted by Gasteiger charge is -2.03. The van der Waals surface area contributed by atoms with E-state index in [9.17, 15) is 8.42 Å². The summed E-state index contributed by atoms with van der Waals surface area (Å²) in [6.45, 7) is 1.21. The van der Waals surface area contributed by atoms with Gasteiger partial charge in [-0.15, -0.1) is 0 Å². The molecule has 0 spiro atoms. The van der Waals surface area contributed by atoms with E-state index in [2.05, 4.69) is 10.0 Å². The second-order valence-corrected chi connectivity index (χ2v) is 4.03. The Labute approximate surface area is 67.4 Å². The van der Waals surface area contributed by atoms with Gasteiger partial charge in [0.05, 0.1) is 5.75 Å². The topological polar surface area (TPSA) is 84.2 Å². The lowest BCUT2D eigenvalue weighted by molar-refractivity contribution is 0.579. The molecule has 0 aliphatic rings. The van der Waals surface area contributed by atoms with Crippen LogP contribution in [0.2, 0.25) is 0 Å². The number of rotatable bonds is 6. The van der Waals surface area contributed by atoms with E-state index >= 15 is 0 Å². The van der Waals surface area contributed by atoms with E-state index in [0.29, 0.717) is 13.1 Å². The fraction of sp³-hybridized carbons (Fsp3) is 1.00. The van der Waals surface area contributed by atoms with Crippen molar-refractivity contribution in [1.29, 1.82) is 0 Å². The third-order valence-electron chi connectivity index (χ3n) is 1.08. The molecule has 0 aliphatic carbocycles. The molecule has 0 rings (SSSR count). The molecule has 4 N–H and O–H groups in total. The first-order valence-electron chi connectivity index (χ1n) is 3.44. The van der Waals surface area contributed by atoms with Crippen molar-refractivity contribution in [3.05, 3.63) is 0 Å². The van der Waals surface area contributed by atoms with E-state index in [1.165, 1.54) is 0 Å². The fourth-order valence-electron chi connectivity index (χ4n) is 0.559. The highest BCUT2D eigenvalue weighted by atomic mass is 32.2. The zero-order chi connectivity index (χ0) is 8.74. The lowest BCUT2D eigenvalue weighted by Crippen LogP contribution is -2.34. The van der Waals surface area contributed by atoms with Crippen molar-refractivity contribution >= 4 is 10.0 Å². The van der Waals surface area contributed by atoms with Crippen LogP contribution in [0.1, 0.15) is 0 Å². The lowest BCUT2D eigenvalue weighted by atomic mass is 10.7. The molecule has 0 aromatic heterocycles. The molecule has 0 fully saturated rings. The maximum atomic E-state index is 10.9. The van der Waals surface area contributed by atoms with Gasteiger partial charge in [-0.3, -0.25) is 0 Å². The van der Waals surface area contributed by atoms with Crippen LogP contribution in [0.25, 0.3) is 0 Å². The number of sulfonamides is 1. The summed E-state index contributed by atoms with van der Waals surface area (Å²) in [4.78, 5) is 0. The standard InChI is InChI=1S/C5H15N3O2S/c1-7-3-4-8-11(9,10)5-2-6/h7-8H,2-6H2,1H3. The van der Waals surface area contributed by atoms with Crippen LogP contribution in [0.4, 0.5) is 0 Å². The number of nitrogens with two attached hydrogens (primary N) is 1. The number of nitrogens with one attached hydrogen (secondary N) is 2. The summed E-state index contributed by atoms with van der Waals surface area (Å²) in [6, 6.07) is 0. The van der Waals surface area contributed by atoms with Crippen LogP contribution in [-0.2, 0) is 10.0 Å². The predicted octanol–water partition coefficient (Wildman–Crippen LogP) is -1.92. The highest BCUT2D eigenvalue weighted by Crippen LogP contribution is 1.79. The van der Waals surface area contributed by atoms with Gasteiger partial charge in [-0.25, -0.2) is 13.1 Å². The summed E-state index contributed by atoms with van der Waals surface area (Å²) in [6.07, 6.45) is 0. The molecule has 0 bridgehead atoms. The van der Waals surface area contributed by atoms with Gasteiger partial charge >= 0.3 is 0 Å². The summed E-state index contributed by atoms with van der Waals surface area (Å²) < 4.78 is 24.2. The van der Waals surface area contributed by atoms with Crippen LogP contribution in [0, 0.1) is 0 Å². The van der Waals surface area contributed by atoms with Gasteiger partial charge < -0.3 is 11.1 Å². The SMILES string of the molecule is CNCCNS(=O)(=O)CCN. The zero-order valence-corrected chi connectivity index (χ0v) is 7.45. The minimum atomic E-state index is -3.12. The molecule has 11 heavy (non-hydrogen) atoms. The molecule has 0 aromatic rings. The zero-order valence-electron chi connectivity index (χ0n) is 6.63. The highest BCUT2D eigenvalue weighted by molar-refractivity contribution is 7.89. The summed E-state index contributed by atoms with van der Waals surface area (Å²) in [5, 5.41) is 2.82. The molecular formula is C5H15N3O2S. The summed E-state index contributed by atoms with van der Waals surface area (Å²) in [5.74, 6) is -0.00326. The second-order valence-electron chi connectivity index (χ2n) is 2.11. The Bertz CT molecular complexity index is 178. The van der Waals surface area contributed by atoms with Crippen molar-refractivity contribution in [2.45, 2.75) is 0 Å². The number of hydrogen-bond acceptors (Lipinski definition) is 4. The normalized spacial score (nSPS) is 11.8. The van der Waals surface area contributed by atoms with Gasteiger partial charge in [-0.1, -0.05) is 0 Å². The Morgan fingerprint density at radius 1 is 1.36 bits per heavy atom. The molecule has 0 amide bonds. The van der Waals surface area contributed by atoms with Crippen molar-refractivity contribution in [1.82, 2.24) is 10.0 Å². The van der Waals surface area contributed by atoms with E-state index < -0.39 is 10.0 Å². The van der Waals surface area contributed by atoms with Crippen LogP contribution in [0.5, 0.6) is 0 Å². The fourth-order valence-corrected chi connectivity index (χ4v) is 1.43. The third-order valence-corrected chi connectivity index (χ3v) is 2.50. The van der Waals surface area contributed by atoms with Gasteiger partial charge in [-0.2, -0.15) is 0 Å². The first kappa shape index (κ1) is 10.8. The van der Waals surface area contributed by atoms with Crippen LogP contribution in [0.15, 0.2) is 0 Å². The summed E-state index contributed by atoms with van der Waals surface area (Å²) in [5.41, 5.74) is 5.08. The molecule has 5 nitrogen and oxygen atoms in total. The first-order chi connectivity index (χ1) is 5.12. The molecule has 0 radical (unpaired) electrons. The van der Waals surface area contributed by atoms with Gasteiger partial charge in [0.1, 0.15) is 0 Å². The Hall–Kier alpha value is -0.170. The van der Waals surface area contributed by atoms with Crippen LogP contribution >= 0.6 is 0 Å². The maximum absolute atomic E-state index is 10.9. The minimum Gasteiger partial charge on any atom is -0.329 e. The second kappa shape index (κ2) is 5.48. The van der Waals surface area contributed by atoms with E-state index in [1.54, 1.807) is 7.05 Å². The number of likely N-dealkylation sites (N-methyl/N-ethyl adjacent to an activating group) is 1. The summed E-state index contributed by atoms with van der Waals surface area (Å²) >= 11 is 0. The smallest absolute Gasteiger partial charge is 0.212 e. The predicted molar refractivity (Wildman–Crippen MR) is 44.8 cm³/mol. The van der Waals surface area contributed by atoms with E-state index in [1.807, 2.05) is 0 Å². The van der Waals surface area contributed by atoms with Crippen molar-refractivity contribution in [2.24, 2.45) is 5.73 Å². The van der Waals surface area contributed by atoms with Gasteiger partial charge in [-0.05, 0) is 7.05 Å². The molecule has 0 unspecified atom stereocenters. The van der Waals surface area contributed by atoms with Gasteiger partial charge in [0, 0.05) is 19.6 Å². The van der Waals surface area contributed by atoms with Gasteiger partial charge in [0.25, 0.3) is 0 Å². The summed E-state index contributed by atoms with van der Waals surface area (Å²) in [7, 11) is -1.36. The van der Waals surface area contributed by atoms with E-state index in [0.717, 1.165) is 0 Å². The maximum Gasteiger partial charge on any atom is 0.212 e. The monoisotopic (exact) mass is 181 g/mol. The average Bonchev–Trinajstić information content (AvgIpc) is 1.87. The van der Waals surface area contributed by atoms with Crippen LogP contribution in [0.3, 0.4) is 0 Å².